The molecule has 0 saturated carbocycles. The van der Waals surface area contributed by atoms with Crippen molar-refractivity contribution in [3.8, 4) is 0 Å². The van der Waals surface area contributed by atoms with Crippen molar-refractivity contribution in [1.29, 1.82) is 0 Å². The van der Waals surface area contributed by atoms with Crippen LogP contribution in [0, 0.1) is 0 Å². The molecule has 2 radical (unpaired) electrons. The van der Waals surface area contributed by atoms with Crippen LogP contribution in [0.3, 0.4) is 0 Å². The molecule has 10 heavy (non-hydrogen) atoms. The van der Waals surface area contributed by atoms with Crippen LogP contribution in [-0.2, 0) is 0 Å². The van der Waals surface area contributed by atoms with E-state index in [9.17, 15) is 0 Å². The number of hydrogen-bond donors (Lipinski definition) is 0. The molecule has 0 aromatic carbocycles. The van der Waals surface area contributed by atoms with Crippen molar-refractivity contribution in [2.24, 2.45) is 0 Å². The second-order valence-electron chi connectivity index (χ2n) is 3.21. The van der Waals surface area contributed by atoms with Crippen LogP contribution in [0.2, 0.25) is 3.43 Å². The Labute approximate surface area is 76.1 Å². The zero-order valence-corrected chi connectivity index (χ0v) is 10.2. The number of nitrogens with zero attached hydrogens (tertiary/aromatic N) is 1. The Morgan fingerprint density at radius 1 is 1.50 bits per heavy atom. The summed E-state index contributed by atoms with van der Waals surface area (Å²) in [4.78, 5) is 4.30. The summed E-state index contributed by atoms with van der Waals surface area (Å²) in [7, 11) is 0. The summed E-state index contributed by atoms with van der Waals surface area (Å²) >= 11 is 1.42. The molecule has 1 heterocycles. The molecule has 0 bridgehead atoms. The number of rotatable bonds is 1. The molecular formula is C7H11NSSn. The molecular weight excluding hydrogens is 249 g/mol. The van der Waals surface area contributed by atoms with Crippen LogP contribution >= 0.6 is 11.3 Å². The molecule has 0 aliphatic heterocycles. The Hall–Kier alpha value is 0.429. The summed E-state index contributed by atoms with van der Waals surface area (Å²) < 4.78 is 1.96. The molecule has 1 rings (SSSR count). The molecule has 0 amide bonds. The molecule has 0 N–H and O–H groups in total. The van der Waals surface area contributed by atoms with Crippen LogP contribution in [0.5, 0.6) is 0 Å². The molecule has 1 aromatic rings. The van der Waals surface area contributed by atoms with Gasteiger partial charge in [0.05, 0.1) is 0 Å². The molecule has 0 unspecified atom stereocenters. The molecule has 0 aliphatic rings. The van der Waals surface area contributed by atoms with E-state index in [1.165, 1.54) is 3.02 Å². The van der Waals surface area contributed by atoms with Crippen molar-refractivity contribution >= 4 is 35.5 Å². The molecule has 0 fully saturated rings. The quantitative estimate of drug-likeness (QED) is 0.700. The van der Waals surface area contributed by atoms with Crippen LogP contribution in [-0.4, -0.2) is 26.1 Å². The second kappa shape index (κ2) is 3.22. The van der Waals surface area contributed by atoms with Gasteiger partial charge in [0.1, 0.15) is 0 Å². The van der Waals surface area contributed by atoms with Gasteiger partial charge < -0.3 is 0 Å². The van der Waals surface area contributed by atoms with Gasteiger partial charge in [0.2, 0.25) is 0 Å². The fourth-order valence-corrected chi connectivity index (χ4v) is 6.41. The minimum atomic E-state index is -0.395. The maximum atomic E-state index is 4.30. The molecule has 0 atom stereocenters. The Morgan fingerprint density at radius 3 is 2.60 bits per heavy atom. The van der Waals surface area contributed by atoms with Crippen molar-refractivity contribution in [3.63, 3.8) is 0 Å². The minimum absolute atomic E-state index is 0.395. The van der Waals surface area contributed by atoms with Crippen molar-refractivity contribution < 1.29 is 0 Å². The van der Waals surface area contributed by atoms with Crippen molar-refractivity contribution in [3.05, 3.63) is 11.6 Å². The molecule has 0 spiro atoms. The first-order valence-electron chi connectivity index (χ1n) is 3.25. The number of aromatic nitrogens is 1. The predicted molar refractivity (Wildman–Crippen MR) is 47.2 cm³/mol. The fraction of sp³-hybridized carbons (Fsp3) is 0.571. The van der Waals surface area contributed by atoms with E-state index in [0.29, 0.717) is 3.43 Å². The van der Waals surface area contributed by atoms with Gasteiger partial charge in [-0.3, -0.25) is 0 Å². The third kappa shape index (κ3) is 3.01. The van der Waals surface area contributed by atoms with Gasteiger partial charge >= 0.3 is 76.3 Å². The maximum absolute atomic E-state index is 4.30. The van der Waals surface area contributed by atoms with Crippen molar-refractivity contribution in [1.82, 2.24) is 4.98 Å². The van der Waals surface area contributed by atoms with E-state index in [1.807, 2.05) is 17.5 Å². The van der Waals surface area contributed by atoms with Gasteiger partial charge in [0.15, 0.2) is 0 Å². The standard InChI is InChI=1S/C4H9.C3H2NS.Sn/c1-4(2)3;1-2-5-3-4-1;/h1-3H3;1-2H;. The van der Waals surface area contributed by atoms with Gasteiger partial charge in [-0.2, -0.15) is 0 Å². The Morgan fingerprint density at radius 2 is 2.20 bits per heavy atom. The SMILES string of the molecule is C[C](C)(C)[Sn][c]1nccs1. The molecule has 0 saturated heterocycles. The average Bonchev–Trinajstić information content (AvgIpc) is 2.12. The van der Waals surface area contributed by atoms with Crippen LogP contribution < -0.4 is 3.02 Å². The van der Waals surface area contributed by atoms with E-state index in [0.717, 1.165) is 0 Å². The molecule has 1 nitrogen and oxygen atoms in total. The van der Waals surface area contributed by atoms with Crippen LogP contribution in [0.25, 0.3) is 0 Å². The zero-order chi connectivity index (χ0) is 7.61. The Kier molecular flexibility index (Phi) is 2.74. The average molecular weight is 260 g/mol. The fourth-order valence-electron chi connectivity index (χ4n) is 0.606. The summed E-state index contributed by atoms with van der Waals surface area (Å²) in [5.74, 6) is 0. The summed E-state index contributed by atoms with van der Waals surface area (Å²) in [6.45, 7) is 6.92. The van der Waals surface area contributed by atoms with Crippen molar-refractivity contribution in [2.45, 2.75) is 24.2 Å². The monoisotopic (exact) mass is 261 g/mol. The summed E-state index contributed by atoms with van der Waals surface area (Å²) in [5, 5.41) is 2.07. The summed E-state index contributed by atoms with van der Waals surface area (Å²) in [6, 6.07) is 0. The van der Waals surface area contributed by atoms with Gasteiger partial charge in [0, 0.05) is 0 Å². The van der Waals surface area contributed by atoms with Gasteiger partial charge in [-0.15, -0.1) is 0 Å². The number of thiazole rings is 1. The molecule has 3 heteroatoms. The van der Waals surface area contributed by atoms with E-state index in [-0.39, 0.29) is 0 Å². The Bertz CT molecular complexity index is 188. The van der Waals surface area contributed by atoms with Gasteiger partial charge in [-0.1, -0.05) is 0 Å². The van der Waals surface area contributed by atoms with Gasteiger partial charge in [-0.05, 0) is 0 Å². The molecule has 1 aromatic heterocycles. The molecule has 0 aliphatic carbocycles. The number of hydrogen-bond acceptors (Lipinski definition) is 2. The first-order valence-corrected chi connectivity index (χ1v) is 6.99. The van der Waals surface area contributed by atoms with Gasteiger partial charge in [0.25, 0.3) is 0 Å². The summed E-state index contributed by atoms with van der Waals surface area (Å²) in [5.41, 5.74) is 0. The first kappa shape index (κ1) is 8.52. The van der Waals surface area contributed by atoms with E-state index >= 15 is 0 Å². The van der Waals surface area contributed by atoms with Crippen LogP contribution in [0.1, 0.15) is 20.8 Å². The molecule has 54 valence electrons. The van der Waals surface area contributed by atoms with E-state index in [1.54, 1.807) is 0 Å². The Balaban J connectivity index is 2.57. The van der Waals surface area contributed by atoms with Gasteiger partial charge in [-0.25, -0.2) is 0 Å². The second-order valence-corrected chi connectivity index (χ2v) is 11.5. The normalized spacial score (nSPS) is 11.9. The first-order chi connectivity index (χ1) is 4.58. The van der Waals surface area contributed by atoms with E-state index in [2.05, 4.69) is 31.1 Å². The van der Waals surface area contributed by atoms with E-state index < -0.39 is 21.1 Å². The van der Waals surface area contributed by atoms with E-state index in [4.69, 9.17) is 0 Å². The van der Waals surface area contributed by atoms with Crippen LogP contribution in [0.4, 0.5) is 0 Å². The van der Waals surface area contributed by atoms with Crippen LogP contribution in [0.15, 0.2) is 11.6 Å². The summed E-state index contributed by atoms with van der Waals surface area (Å²) in [6.07, 6.45) is 1.91. The zero-order valence-electron chi connectivity index (χ0n) is 6.51. The third-order valence-corrected chi connectivity index (χ3v) is 6.31. The predicted octanol–water partition coefficient (Wildman–Crippen LogP) is 1.69. The topological polar surface area (TPSA) is 12.9 Å². The third-order valence-electron chi connectivity index (χ3n) is 0.914. The van der Waals surface area contributed by atoms with Crippen molar-refractivity contribution in [2.75, 3.05) is 0 Å².